The lowest BCUT2D eigenvalue weighted by Crippen LogP contribution is -2.62. The van der Waals surface area contributed by atoms with Gasteiger partial charge < -0.3 is 20.4 Å². The van der Waals surface area contributed by atoms with Gasteiger partial charge in [-0.05, 0) is 13.8 Å². The molecule has 0 aromatic rings. The molecule has 14 heavy (non-hydrogen) atoms. The predicted molar refractivity (Wildman–Crippen MR) is 49.4 cm³/mol. The first-order valence-electron chi connectivity index (χ1n) is 4.45. The zero-order chi connectivity index (χ0) is 10.7. The molecule has 0 aromatic heterocycles. The van der Waals surface area contributed by atoms with E-state index in [0.717, 1.165) is 0 Å². The van der Waals surface area contributed by atoms with E-state index < -0.39 is 11.3 Å². The van der Waals surface area contributed by atoms with E-state index in [2.05, 4.69) is 10.6 Å². The fourth-order valence-electron chi connectivity index (χ4n) is 2.05. The second-order valence-electron chi connectivity index (χ2n) is 4.12. The Morgan fingerprint density at radius 3 is 1.50 bits per heavy atom. The van der Waals surface area contributed by atoms with Crippen LogP contribution in [0.2, 0.25) is 0 Å². The summed E-state index contributed by atoms with van der Waals surface area (Å²) in [6.45, 7) is 3.65. The van der Waals surface area contributed by atoms with Gasteiger partial charge in [-0.25, -0.2) is 9.59 Å². The van der Waals surface area contributed by atoms with E-state index >= 15 is 0 Å². The smallest absolute Gasteiger partial charge is 0.311 e. The van der Waals surface area contributed by atoms with Crippen LogP contribution in [0.4, 0.5) is 9.59 Å². The highest BCUT2D eigenvalue weighted by Crippen LogP contribution is 2.37. The highest BCUT2D eigenvalue weighted by molar-refractivity contribution is 5.87. The van der Waals surface area contributed by atoms with Crippen molar-refractivity contribution in [3.05, 3.63) is 0 Å². The summed E-state index contributed by atoms with van der Waals surface area (Å²) in [6, 6.07) is -0.358. The molecule has 0 saturated carbocycles. The van der Waals surface area contributed by atoms with Crippen molar-refractivity contribution >= 4 is 12.1 Å². The maximum Gasteiger partial charge on any atom is 0.321 e. The van der Waals surface area contributed by atoms with Crippen molar-refractivity contribution < 1.29 is 9.59 Å². The third-order valence-corrected chi connectivity index (χ3v) is 3.60. The lowest BCUT2D eigenvalue weighted by molar-refractivity contribution is 0.0859. The molecule has 2 atom stereocenters. The fourth-order valence-corrected chi connectivity index (χ4v) is 2.05. The summed E-state index contributed by atoms with van der Waals surface area (Å²) in [6.07, 6.45) is 0. The number of carbonyl (C=O) groups excluding carboxylic acids is 2. The highest BCUT2D eigenvalue weighted by Gasteiger charge is 2.65. The first kappa shape index (κ1) is 9.11. The topological polar surface area (TPSA) is 64.7 Å². The van der Waals surface area contributed by atoms with Gasteiger partial charge in [0.15, 0.2) is 11.3 Å². The second kappa shape index (κ2) is 2.13. The van der Waals surface area contributed by atoms with Crippen molar-refractivity contribution in [2.24, 2.45) is 0 Å². The van der Waals surface area contributed by atoms with Gasteiger partial charge in [-0.2, -0.15) is 0 Å². The van der Waals surface area contributed by atoms with Crippen molar-refractivity contribution in [3.63, 3.8) is 0 Å². The van der Waals surface area contributed by atoms with Crippen LogP contribution < -0.4 is 10.6 Å². The molecule has 2 heterocycles. The third-order valence-electron chi connectivity index (χ3n) is 3.60. The van der Waals surface area contributed by atoms with E-state index in [1.54, 1.807) is 14.1 Å². The number of carbonyl (C=O) groups is 2. The Labute approximate surface area is 82.2 Å². The Balaban J connectivity index is 2.51. The van der Waals surface area contributed by atoms with Crippen molar-refractivity contribution in [2.45, 2.75) is 25.2 Å². The molecule has 2 aliphatic heterocycles. The molecule has 2 saturated heterocycles. The second-order valence-corrected chi connectivity index (χ2v) is 4.12. The lowest BCUT2D eigenvalue weighted by Gasteiger charge is -2.37. The number of hydrogen-bond donors (Lipinski definition) is 2. The van der Waals surface area contributed by atoms with Crippen LogP contribution in [0.3, 0.4) is 0 Å². The summed E-state index contributed by atoms with van der Waals surface area (Å²) in [5, 5.41) is 5.58. The molecule has 4 amide bonds. The fraction of sp³-hybridized carbons (Fsp3) is 0.750. The van der Waals surface area contributed by atoms with E-state index in [4.69, 9.17) is 0 Å². The van der Waals surface area contributed by atoms with E-state index in [0.29, 0.717) is 0 Å². The van der Waals surface area contributed by atoms with Crippen molar-refractivity contribution in [2.75, 3.05) is 14.1 Å². The number of fused-ring (bicyclic) bond motifs is 1. The first-order chi connectivity index (χ1) is 6.33. The molecular weight excluding hydrogens is 184 g/mol. The Kier molecular flexibility index (Phi) is 1.39. The average Bonchev–Trinajstić information content (AvgIpc) is 2.37. The average molecular weight is 198 g/mol. The molecule has 6 heteroatoms. The minimum atomic E-state index is -0.685. The number of likely N-dealkylation sites (N-methyl/N-ethyl adjacent to an activating group) is 2. The molecular formula is C8H14N4O2. The minimum absolute atomic E-state index is 0.179. The van der Waals surface area contributed by atoms with Crippen LogP contribution in [0.25, 0.3) is 0 Å². The van der Waals surface area contributed by atoms with Crippen LogP contribution in [0.1, 0.15) is 13.8 Å². The van der Waals surface area contributed by atoms with Gasteiger partial charge in [0.05, 0.1) is 0 Å². The lowest BCUT2D eigenvalue weighted by atomic mass is 9.99. The molecule has 0 aliphatic carbocycles. The number of nitrogens with zero attached hydrogens (tertiary/aromatic N) is 2. The Morgan fingerprint density at radius 2 is 1.21 bits per heavy atom. The summed E-state index contributed by atoms with van der Waals surface area (Å²) >= 11 is 0. The van der Waals surface area contributed by atoms with E-state index in [-0.39, 0.29) is 12.1 Å². The molecule has 0 spiro atoms. The molecule has 0 radical (unpaired) electrons. The van der Waals surface area contributed by atoms with E-state index in [1.807, 2.05) is 13.8 Å². The summed E-state index contributed by atoms with van der Waals surface area (Å²) in [5.74, 6) is 0. The SMILES string of the molecule is CN1C(=O)N[C@@]2(C)N(C)C(=O)N[C@@]12C. The zero-order valence-corrected chi connectivity index (χ0v) is 8.71. The van der Waals surface area contributed by atoms with Crippen LogP contribution in [-0.2, 0) is 0 Å². The monoisotopic (exact) mass is 198 g/mol. The number of nitrogens with one attached hydrogen (secondary N) is 2. The van der Waals surface area contributed by atoms with Gasteiger partial charge in [0.1, 0.15) is 0 Å². The predicted octanol–water partition coefficient (Wildman–Crippen LogP) is -0.271. The van der Waals surface area contributed by atoms with Crippen LogP contribution in [0.5, 0.6) is 0 Å². The van der Waals surface area contributed by atoms with Crippen LogP contribution in [0.15, 0.2) is 0 Å². The molecule has 78 valence electrons. The number of hydrogen-bond acceptors (Lipinski definition) is 2. The van der Waals surface area contributed by atoms with Crippen molar-refractivity contribution in [1.29, 1.82) is 0 Å². The number of rotatable bonds is 0. The van der Waals surface area contributed by atoms with Gasteiger partial charge in [0.2, 0.25) is 0 Å². The van der Waals surface area contributed by atoms with Gasteiger partial charge in [-0.15, -0.1) is 0 Å². The summed E-state index contributed by atoms with van der Waals surface area (Å²) in [7, 11) is 3.33. The quantitative estimate of drug-likeness (QED) is 0.562. The zero-order valence-electron chi connectivity index (χ0n) is 8.71. The highest BCUT2D eigenvalue weighted by atomic mass is 16.2. The van der Waals surface area contributed by atoms with Crippen LogP contribution in [0, 0.1) is 0 Å². The number of urea groups is 2. The first-order valence-corrected chi connectivity index (χ1v) is 4.45. The molecule has 2 rings (SSSR count). The summed E-state index contributed by atoms with van der Waals surface area (Å²) < 4.78 is 0. The van der Waals surface area contributed by atoms with Crippen LogP contribution >= 0.6 is 0 Å². The minimum Gasteiger partial charge on any atom is -0.311 e. The van der Waals surface area contributed by atoms with Gasteiger partial charge in [-0.1, -0.05) is 0 Å². The Morgan fingerprint density at radius 1 is 0.929 bits per heavy atom. The third kappa shape index (κ3) is 0.681. The maximum atomic E-state index is 11.5. The largest absolute Gasteiger partial charge is 0.321 e. The van der Waals surface area contributed by atoms with Gasteiger partial charge in [0, 0.05) is 14.1 Å². The van der Waals surface area contributed by atoms with E-state index in [9.17, 15) is 9.59 Å². The van der Waals surface area contributed by atoms with Gasteiger partial charge in [-0.3, -0.25) is 0 Å². The Bertz CT molecular complexity index is 299. The van der Waals surface area contributed by atoms with Crippen molar-refractivity contribution in [3.8, 4) is 0 Å². The molecule has 2 aliphatic rings. The summed E-state index contributed by atoms with van der Waals surface area (Å²) in [5.41, 5.74) is -1.37. The number of amides is 4. The molecule has 0 bridgehead atoms. The van der Waals surface area contributed by atoms with Crippen molar-refractivity contribution in [1.82, 2.24) is 20.4 Å². The molecule has 0 unspecified atom stereocenters. The standard InChI is InChI=1S/C8H14N4O2/c1-7-8(2,10-6(14)11(7)3)12(4)5(13)9-7/h1-4H3,(H,9,13)(H,10,14)/t7-,8-/m0/s1. The summed E-state index contributed by atoms with van der Waals surface area (Å²) in [4.78, 5) is 26.0. The molecule has 2 fully saturated rings. The molecule has 0 aromatic carbocycles. The normalized spacial score (nSPS) is 41.1. The van der Waals surface area contributed by atoms with Crippen LogP contribution in [-0.4, -0.2) is 47.3 Å². The molecule has 2 N–H and O–H groups in total. The maximum absolute atomic E-state index is 11.5. The van der Waals surface area contributed by atoms with E-state index in [1.165, 1.54) is 9.80 Å². The van der Waals surface area contributed by atoms with Gasteiger partial charge >= 0.3 is 12.1 Å². The van der Waals surface area contributed by atoms with Gasteiger partial charge in [0.25, 0.3) is 0 Å². The Hall–Kier alpha value is -1.46. The molecule has 6 nitrogen and oxygen atoms in total.